The van der Waals surface area contributed by atoms with Gasteiger partial charge in [0, 0.05) is 21.7 Å². The van der Waals surface area contributed by atoms with E-state index >= 15 is 0 Å². The van der Waals surface area contributed by atoms with Crippen LogP contribution < -0.4 is 5.32 Å². The van der Waals surface area contributed by atoms with Crippen molar-refractivity contribution in [3.05, 3.63) is 66.7 Å². The second-order valence-electron chi connectivity index (χ2n) is 4.41. The Kier molecular flexibility index (Phi) is 4.37. The van der Waals surface area contributed by atoms with Crippen LogP contribution in [0.1, 0.15) is 0 Å². The van der Waals surface area contributed by atoms with Crippen molar-refractivity contribution < 1.29 is 14.6 Å². The summed E-state index contributed by atoms with van der Waals surface area (Å²) in [4.78, 5) is 0.832. The van der Waals surface area contributed by atoms with Gasteiger partial charge in [0.1, 0.15) is 0 Å². The van der Waals surface area contributed by atoms with Crippen LogP contribution in [0.15, 0.2) is 71.6 Å². The van der Waals surface area contributed by atoms with E-state index in [-0.39, 0.29) is 0 Å². The molecule has 106 valence electrons. The SMILES string of the molecule is OOOSc1ccc2cccc(Nc3ccccc3)c2c1. The summed E-state index contributed by atoms with van der Waals surface area (Å²) in [6, 6.07) is 21.9. The molecule has 5 heteroatoms. The van der Waals surface area contributed by atoms with Gasteiger partial charge in [-0.15, -0.1) is 4.33 Å². The Morgan fingerprint density at radius 1 is 0.905 bits per heavy atom. The molecule has 0 heterocycles. The number of hydrogen-bond acceptors (Lipinski definition) is 5. The summed E-state index contributed by atoms with van der Waals surface area (Å²) in [6.07, 6.45) is 0. The molecule has 3 rings (SSSR count). The lowest BCUT2D eigenvalue weighted by Gasteiger charge is -2.10. The van der Waals surface area contributed by atoms with Crippen LogP contribution in [0, 0.1) is 0 Å². The third-order valence-corrected chi connectivity index (χ3v) is 3.64. The number of hydrogen-bond donors (Lipinski definition) is 2. The minimum Gasteiger partial charge on any atom is -0.355 e. The van der Waals surface area contributed by atoms with Crippen molar-refractivity contribution in [2.45, 2.75) is 4.90 Å². The molecule has 0 unspecified atom stereocenters. The van der Waals surface area contributed by atoms with E-state index in [2.05, 4.69) is 14.7 Å². The van der Waals surface area contributed by atoms with E-state index in [0.29, 0.717) is 0 Å². The van der Waals surface area contributed by atoms with E-state index in [0.717, 1.165) is 39.1 Å². The average molecular weight is 299 g/mol. The lowest BCUT2D eigenvalue weighted by atomic mass is 10.1. The molecule has 4 nitrogen and oxygen atoms in total. The smallest absolute Gasteiger partial charge is 0.0714 e. The van der Waals surface area contributed by atoms with Gasteiger partial charge in [-0.25, -0.2) is 5.26 Å². The molecule has 3 aromatic rings. The van der Waals surface area contributed by atoms with Crippen LogP contribution in [0.4, 0.5) is 11.4 Å². The first-order valence-electron chi connectivity index (χ1n) is 6.36. The van der Waals surface area contributed by atoms with Gasteiger partial charge in [0.2, 0.25) is 0 Å². The maximum atomic E-state index is 8.23. The van der Waals surface area contributed by atoms with Crippen LogP contribution in [-0.2, 0) is 9.37 Å². The Morgan fingerprint density at radius 2 is 1.76 bits per heavy atom. The maximum absolute atomic E-state index is 8.23. The molecule has 0 aromatic heterocycles. The Bertz CT molecular complexity index is 734. The molecule has 0 aliphatic rings. The fourth-order valence-electron chi connectivity index (χ4n) is 2.14. The number of nitrogens with one attached hydrogen (secondary N) is 1. The van der Waals surface area contributed by atoms with Gasteiger partial charge in [-0.2, -0.15) is 0 Å². The highest BCUT2D eigenvalue weighted by Gasteiger charge is 2.04. The van der Waals surface area contributed by atoms with E-state index in [9.17, 15) is 0 Å². The quantitative estimate of drug-likeness (QED) is 0.394. The molecule has 0 aliphatic carbocycles. The predicted molar refractivity (Wildman–Crippen MR) is 84.3 cm³/mol. The highest BCUT2D eigenvalue weighted by atomic mass is 32.2. The lowest BCUT2D eigenvalue weighted by Crippen LogP contribution is -1.91. The first-order valence-corrected chi connectivity index (χ1v) is 7.10. The molecule has 0 aliphatic heterocycles. The van der Waals surface area contributed by atoms with Crippen molar-refractivity contribution in [2.75, 3.05) is 5.32 Å². The zero-order chi connectivity index (χ0) is 14.5. The third-order valence-electron chi connectivity index (χ3n) is 3.07. The molecule has 0 amide bonds. The van der Waals surface area contributed by atoms with Crippen LogP contribution in [0.2, 0.25) is 0 Å². The van der Waals surface area contributed by atoms with Gasteiger partial charge in [-0.05, 0) is 35.7 Å². The summed E-state index contributed by atoms with van der Waals surface area (Å²) in [5.74, 6) is 0. The largest absolute Gasteiger partial charge is 0.355 e. The van der Waals surface area contributed by atoms with Gasteiger partial charge < -0.3 is 5.32 Å². The van der Waals surface area contributed by atoms with Crippen molar-refractivity contribution in [1.29, 1.82) is 0 Å². The first kappa shape index (κ1) is 13.9. The van der Waals surface area contributed by atoms with Gasteiger partial charge in [0.05, 0.1) is 12.0 Å². The van der Waals surface area contributed by atoms with Crippen molar-refractivity contribution in [3.8, 4) is 0 Å². The monoisotopic (exact) mass is 299 g/mol. The molecule has 0 atom stereocenters. The molecular formula is C16H13NO3S. The topological polar surface area (TPSA) is 50.7 Å². The summed E-state index contributed by atoms with van der Waals surface area (Å²) in [7, 11) is 0. The number of fused-ring (bicyclic) bond motifs is 1. The lowest BCUT2D eigenvalue weighted by molar-refractivity contribution is -0.432. The van der Waals surface area contributed by atoms with Crippen molar-refractivity contribution in [1.82, 2.24) is 0 Å². The maximum Gasteiger partial charge on any atom is 0.0714 e. The molecule has 0 saturated carbocycles. The Labute approximate surface area is 126 Å². The summed E-state index contributed by atoms with van der Waals surface area (Å²) in [5, 5.41) is 17.4. The second kappa shape index (κ2) is 6.60. The molecular weight excluding hydrogens is 286 g/mol. The van der Waals surface area contributed by atoms with Crippen LogP contribution in [0.3, 0.4) is 0 Å². The van der Waals surface area contributed by atoms with Gasteiger partial charge in [-0.1, -0.05) is 41.4 Å². The Morgan fingerprint density at radius 3 is 2.57 bits per heavy atom. The molecule has 2 N–H and O–H groups in total. The Balaban J connectivity index is 1.97. The number of anilines is 2. The van der Waals surface area contributed by atoms with E-state index in [1.165, 1.54) is 0 Å². The van der Waals surface area contributed by atoms with Gasteiger partial charge in [-0.3, -0.25) is 0 Å². The molecule has 0 bridgehead atoms. The second-order valence-corrected chi connectivity index (χ2v) is 5.18. The fraction of sp³-hybridized carbons (Fsp3) is 0. The predicted octanol–water partition coefficient (Wildman–Crippen LogP) is 5.01. The van der Waals surface area contributed by atoms with Crippen molar-refractivity contribution >= 4 is 34.2 Å². The van der Waals surface area contributed by atoms with E-state index in [1.807, 2.05) is 66.7 Å². The fourth-order valence-corrected chi connectivity index (χ4v) is 2.54. The molecule has 3 aromatic carbocycles. The molecule has 0 fully saturated rings. The van der Waals surface area contributed by atoms with E-state index in [4.69, 9.17) is 5.26 Å². The van der Waals surface area contributed by atoms with Crippen LogP contribution in [0.25, 0.3) is 10.8 Å². The summed E-state index contributed by atoms with van der Waals surface area (Å²) in [6.45, 7) is 0. The summed E-state index contributed by atoms with van der Waals surface area (Å²) >= 11 is 0.950. The summed E-state index contributed by atoms with van der Waals surface area (Å²) < 4.78 is 4.48. The minimum atomic E-state index is 0.832. The number of para-hydroxylation sites is 1. The highest BCUT2D eigenvalue weighted by molar-refractivity contribution is 7.94. The number of benzene rings is 3. The van der Waals surface area contributed by atoms with Crippen LogP contribution in [0.5, 0.6) is 0 Å². The first-order chi connectivity index (χ1) is 10.4. The third kappa shape index (κ3) is 3.34. The standard InChI is InChI=1S/C16H13NO3S/c18-19-20-21-14-10-9-12-5-4-8-16(15(12)11-14)17-13-6-2-1-3-7-13/h1-11,17-18H. The minimum absolute atomic E-state index is 0.832. The molecule has 0 radical (unpaired) electrons. The van der Waals surface area contributed by atoms with Gasteiger partial charge >= 0.3 is 0 Å². The normalized spacial score (nSPS) is 10.7. The average Bonchev–Trinajstić information content (AvgIpc) is 2.54. The van der Waals surface area contributed by atoms with Crippen LogP contribution >= 0.6 is 12.0 Å². The van der Waals surface area contributed by atoms with Gasteiger partial charge in [0.15, 0.2) is 0 Å². The zero-order valence-electron chi connectivity index (χ0n) is 11.0. The zero-order valence-corrected chi connectivity index (χ0v) is 11.8. The molecule has 0 saturated heterocycles. The van der Waals surface area contributed by atoms with E-state index in [1.54, 1.807) is 0 Å². The van der Waals surface area contributed by atoms with E-state index < -0.39 is 0 Å². The molecule has 21 heavy (non-hydrogen) atoms. The van der Waals surface area contributed by atoms with Gasteiger partial charge in [0.25, 0.3) is 0 Å². The van der Waals surface area contributed by atoms with Crippen molar-refractivity contribution in [3.63, 3.8) is 0 Å². The Hall–Kier alpha value is -2.05. The van der Waals surface area contributed by atoms with Crippen molar-refractivity contribution in [2.24, 2.45) is 0 Å². The molecule has 0 spiro atoms. The highest BCUT2D eigenvalue weighted by Crippen LogP contribution is 2.30. The van der Waals surface area contributed by atoms with Crippen LogP contribution in [-0.4, -0.2) is 5.26 Å². The number of rotatable bonds is 5. The summed E-state index contributed by atoms with van der Waals surface area (Å²) in [5.41, 5.74) is 2.03.